The number of nitrogens with zero attached hydrogens (tertiary/aromatic N) is 2. The Hall–Kier alpha value is -1.75. The van der Waals surface area contributed by atoms with E-state index < -0.39 is 0 Å². The van der Waals surface area contributed by atoms with Crippen molar-refractivity contribution in [1.82, 2.24) is 15.1 Å². The van der Waals surface area contributed by atoms with Crippen LogP contribution in [0.4, 0.5) is 5.82 Å². The summed E-state index contributed by atoms with van der Waals surface area (Å²) in [6.45, 7) is 6.05. The molecule has 1 fully saturated rings. The molecule has 0 bridgehead atoms. The lowest BCUT2D eigenvalue weighted by molar-refractivity contribution is 0.377. The van der Waals surface area contributed by atoms with Crippen LogP contribution in [0.25, 0.3) is 0 Å². The summed E-state index contributed by atoms with van der Waals surface area (Å²) in [6, 6.07) is 6.27. The van der Waals surface area contributed by atoms with E-state index in [2.05, 4.69) is 34.8 Å². The average Bonchev–Trinajstić information content (AvgIpc) is 2.93. The van der Waals surface area contributed by atoms with Gasteiger partial charge in [0.2, 0.25) is 0 Å². The highest BCUT2D eigenvalue weighted by atomic mass is 16.3. The summed E-state index contributed by atoms with van der Waals surface area (Å²) in [4.78, 5) is 0. The van der Waals surface area contributed by atoms with Crippen LogP contribution in [0, 0.1) is 11.8 Å². The first-order valence-corrected chi connectivity index (χ1v) is 7.84. The molecule has 112 valence electrons. The molecule has 2 aromatic heterocycles. The van der Waals surface area contributed by atoms with Crippen molar-refractivity contribution in [2.75, 3.05) is 18.4 Å². The third kappa shape index (κ3) is 2.70. The second kappa shape index (κ2) is 5.22. The van der Waals surface area contributed by atoms with E-state index in [4.69, 9.17) is 4.42 Å². The van der Waals surface area contributed by atoms with Gasteiger partial charge in [-0.1, -0.05) is 6.92 Å². The number of hydrogen-bond acceptors (Lipinski definition) is 4. The van der Waals surface area contributed by atoms with E-state index in [1.54, 1.807) is 0 Å². The highest BCUT2D eigenvalue weighted by Gasteiger charge is 2.36. The van der Waals surface area contributed by atoms with Crippen molar-refractivity contribution in [3.05, 3.63) is 35.9 Å². The summed E-state index contributed by atoms with van der Waals surface area (Å²) in [7, 11) is 0. The van der Waals surface area contributed by atoms with Crippen molar-refractivity contribution in [2.24, 2.45) is 11.8 Å². The minimum Gasteiger partial charge on any atom is -0.464 e. The van der Waals surface area contributed by atoms with Crippen LogP contribution < -0.4 is 10.6 Å². The zero-order valence-corrected chi connectivity index (χ0v) is 12.4. The molecule has 1 aliphatic carbocycles. The summed E-state index contributed by atoms with van der Waals surface area (Å²) in [5.41, 5.74) is 0. The van der Waals surface area contributed by atoms with E-state index >= 15 is 0 Å². The van der Waals surface area contributed by atoms with Gasteiger partial charge in [-0.15, -0.1) is 0 Å². The van der Waals surface area contributed by atoms with Crippen molar-refractivity contribution in [3.63, 3.8) is 0 Å². The maximum Gasteiger partial charge on any atom is 0.124 e. The first kappa shape index (κ1) is 13.0. The SMILES string of the molecule is CC1CC1c1ccc(CNCC2CNc3ccnn3C2)o1. The predicted molar refractivity (Wildman–Crippen MR) is 81.1 cm³/mol. The largest absolute Gasteiger partial charge is 0.464 e. The van der Waals surface area contributed by atoms with Crippen LogP contribution in [0.5, 0.6) is 0 Å². The Morgan fingerprint density at radius 2 is 2.33 bits per heavy atom. The van der Waals surface area contributed by atoms with E-state index in [-0.39, 0.29) is 0 Å². The van der Waals surface area contributed by atoms with Gasteiger partial charge in [-0.2, -0.15) is 5.10 Å². The summed E-state index contributed by atoms with van der Waals surface area (Å²) in [6.07, 6.45) is 3.13. The van der Waals surface area contributed by atoms with Crippen molar-refractivity contribution in [2.45, 2.75) is 32.4 Å². The van der Waals surface area contributed by atoms with Gasteiger partial charge in [0, 0.05) is 37.5 Å². The zero-order chi connectivity index (χ0) is 14.2. The lowest BCUT2D eigenvalue weighted by Crippen LogP contribution is -2.35. The van der Waals surface area contributed by atoms with Crippen molar-refractivity contribution in [3.8, 4) is 0 Å². The molecular weight excluding hydrogens is 264 g/mol. The molecule has 3 heterocycles. The van der Waals surface area contributed by atoms with Gasteiger partial charge in [0.15, 0.2) is 0 Å². The molecule has 0 amide bonds. The molecule has 2 aliphatic rings. The van der Waals surface area contributed by atoms with Gasteiger partial charge < -0.3 is 15.1 Å². The Morgan fingerprint density at radius 3 is 3.19 bits per heavy atom. The monoisotopic (exact) mass is 286 g/mol. The van der Waals surface area contributed by atoms with Crippen LogP contribution in [0.1, 0.15) is 30.8 Å². The van der Waals surface area contributed by atoms with Crippen molar-refractivity contribution in [1.29, 1.82) is 0 Å². The molecule has 5 heteroatoms. The maximum absolute atomic E-state index is 5.92. The van der Waals surface area contributed by atoms with E-state index in [0.717, 1.165) is 43.7 Å². The van der Waals surface area contributed by atoms with Crippen LogP contribution in [-0.2, 0) is 13.1 Å². The quantitative estimate of drug-likeness (QED) is 0.886. The van der Waals surface area contributed by atoms with Crippen LogP contribution in [-0.4, -0.2) is 22.9 Å². The fourth-order valence-electron chi connectivity index (χ4n) is 3.13. The zero-order valence-electron chi connectivity index (χ0n) is 12.4. The molecule has 1 saturated carbocycles. The highest BCUT2D eigenvalue weighted by Crippen LogP contribution is 2.47. The highest BCUT2D eigenvalue weighted by molar-refractivity contribution is 5.35. The van der Waals surface area contributed by atoms with E-state index in [1.807, 2.05) is 16.9 Å². The topological polar surface area (TPSA) is 55.0 Å². The minimum absolute atomic E-state index is 0.565. The molecule has 4 rings (SSSR count). The second-order valence-corrected chi connectivity index (χ2v) is 6.40. The average molecular weight is 286 g/mol. The van der Waals surface area contributed by atoms with Gasteiger partial charge in [-0.3, -0.25) is 0 Å². The number of fused-ring (bicyclic) bond motifs is 1. The molecule has 0 saturated heterocycles. The maximum atomic E-state index is 5.92. The predicted octanol–water partition coefficient (Wildman–Crippen LogP) is 2.43. The fraction of sp³-hybridized carbons (Fsp3) is 0.562. The summed E-state index contributed by atoms with van der Waals surface area (Å²) in [5.74, 6) is 5.37. The normalized spacial score (nSPS) is 27.2. The Kier molecular flexibility index (Phi) is 3.22. The Balaban J connectivity index is 1.25. The van der Waals surface area contributed by atoms with Gasteiger partial charge in [-0.25, -0.2) is 4.68 Å². The van der Waals surface area contributed by atoms with E-state index in [9.17, 15) is 0 Å². The van der Waals surface area contributed by atoms with E-state index in [1.165, 1.54) is 12.2 Å². The van der Waals surface area contributed by atoms with Crippen LogP contribution >= 0.6 is 0 Å². The van der Waals surface area contributed by atoms with Crippen LogP contribution in [0.15, 0.2) is 28.8 Å². The number of hydrogen-bond donors (Lipinski definition) is 2. The van der Waals surface area contributed by atoms with E-state index in [0.29, 0.717) is 11.8 Å². The Labute approximate surface area is 124 Å². The molecule has 0 spiro atoms. The number of anilines is 1. The number of aromatic nitrogens is 2. The molecule has 3 atom stereocenters. The molecule has 1 aliphatic heterocycles. The van der Waals surface area contributed by atoms with Gasteiger partial charge in [-0.05, 0) is 24.5 Å². The third-order valence-corrected chi connectivity index (χ3v) is 4.61. The lowest BCUT2D eigenvalue weighted by Gasteiger charge is -2.25. The molecule has 2 N–H and O–H groups in total. The van der Waals surface area contributed by atoms with Crippen LogP contribution in [0.3, 0.4) is 0 Å². The van der Waals surface area contributed by atoms with Gasteiger partial charge in [0.1, 0.15) is 17.3 Å². The number of nitrogens with one attached hydrogen (secondary N) is 2. The minimum atomic E-state index is 0.565. The first-order chi connectivity index (χ1) is 10.3. The lowest BCUT2D eigenvalue weighted by atomic mass is 10.1. The molecule has 5 nitrogen and oxygen atoms in total. The molecular formula is C16H22N4O. The number of rotatable bonds is 5. The van der Waals surface area contributed by atoms with Crippen LogP contribution in [0.2, 0.25) is 0 Å². The van der Waals surface area contributed by atoms with Gasteiger partial charge in [0.25, 0.3) is 0 Å². The second-order valence-electron chi connectivity index (χ2n) is 6.40. The Bertz CT molecular complexity index is 617. The summed E-state index contributed by atoms with van der Waals surface area (Å²) < 4.78 is 7.95. The van der Waals surface area contributed by atoms with Crippen molar-refractivity contribution >= 4 is 5.82 Å². The summed E-state index contributed by atoms with van der Waals surface area (Å²) in [5, 5.41) is 11.2. The molecule has 21 heavy (non-hydrogen) atoms. The van der Waals surface area contributed by atoms with Gasteiger partial charge in [0.05, 0.1) is 12.7 Å². The molecule has 2 aromatic rings. The molecule has 3 unspecified atom stereocenters. The molecule has 0 aromatic carbocycles. The first-order valence-electron chi connectivity index (χ1n) is 7.84. The number of furan rings is 1. The third-order valence-electron chi connectivity index (χ3n) is 4.61. The Morgan fingerprint density at radius 1 is 1.43 bits per heavy atom. The molecule has 0 radical (unpaired) electrons. The standard InChI is InChI=1S/C16H22N4O/c1-11-6-14(11)15-3-2-13(21-15)9-17-7-12-8-18-16-4-5-19-20(16)10-12/h2-5,11-12,14,17-18H,6-10H2,1H3. The summed E-state index contributed by atoms with van der Waals surface area (Å²) >= 11 is 0. The van der Waals surface area contributed by atoms with Crippen molar-refractivity contribution < 1.29 is 4.42 Å². The fourth-order valence-corrected chi connectivity index (χ4v) is 3.13. The smallest absolute Gasteiger partial charge is 0.124 e. The van der Waals surface area contributed by atoms with Gasteiger partial charge >= 0.3 is 0 Å².